The molecular weight excluding hydrogens is 202 g/mol. The number of hydrogen-bond donors (Lipinski definition) is 1. The van der Waals surface area contributed by atoms with Gasteiger partial charge >= 0.3 is 0 Å². The van der Waals surface area contributed by atoms with Crippen molar-refractivity contribution >= 4 is 11.7 Å². The highest BCUT2D eigenvalue weighted by Gasteiger charge is 2.22. The fourth-order valence-electron chi connectivity index (χ4n) is 1.59. The first-order valence-corrected chi connectivity index (χ1v) is 5.26. The molecule has 0 aliphatic rings. The van der Waals surface area contributed by atoms with E-state index in [4.69, 9.17) is 5.73 Å². The number of nitrogens with two attached hydrogens (primary N) is 1. The molecule has 1 aromatic rings. The SMILES string of the molecule is Cc1ccc(C(=O)C(C)C(N)=O)c(C)c1C. The molecule has 1 atom stereocenters. The summed E-state index contributed by atoms with van der Waals surface area (Å²) < 4.78 is 0. The fourth-order valence-corrected chi connectivity index (χ4v) is 1.59. The predicted molar refractivity (Wildman–Crippen MR) is 63.3 cm³/mol. The van der Waals surface area contributed by atoms with Gasteiger partial charge in [0.15, 0.2) is 5.78 Å². The molecule has 0 radical (unpaired) electrons. The average Bonchev–Trinajstić information content (AvgIpc) is 2.24. The van der Waals surface area contributed by atoms with Gasteiger partial charge in [0.25, 0.3) is 0 Å². The smallest absolute Gasteiger partial charge is 0.228 e. The molecule has 1 aromatic carbocycles. The van der Waals surface area contributed by atoms with E-state index in [0.717, 1.165) is 16.7 Å². The number of benzene rings is 1. The van der Waals surface area contributed by atoms with Crippen LogP contribution in [0.3, 0.4) is 0 Å². The molecule has 1 unspecified atom stereocenters. The number of ketones is 1. The summed E-state index contributed by atoms with van der Waals surface area (Å²) in [5.41, 5.74) is 8.88. The summed E-state index contributed by atoms with van der Waals surface area (Å²) in [4.78, 5) is 22.9. The maximum Gasteiger partial charge on any atom is 0.228 e. The van der Waals surface area contributed by atoms with Crippen LogP contribution in [0.2, 0.25) is 0 Å². The van der Waals surface area contributed by atoms with E-state index in [1.807, 2.05) is 26.8 Å². The first-order valence-electron chi connectivity index (χ1n) is 5.26. The normalized spacial score (nSPS) is 12.2. The lowest BCUT2D eigenvalue weighted by molar-refractivity contribution is -0.119. The molecule has 0 aliphatic heterocycles. The Balaban J connectivity index is 3.20. The van der Waals surface area contributed by atoms with Gasteiger partial charge in [-0.25, -0.2) is 0 Å². The molecule has 0 spiro atoms. The Morgan fingerprint density at radius 1 is 1.12 bits per heavy atom. The Bertz CT molecular complexity index is 449. The lowest BCUT2D eigenvalue weighted by Crippen LogP contribution is -2.28. The van der Waals surface area contributed by atoms with Crippen molar-refractivity contribution in [2.45, 2.75) is 27.7 Å². The molecule has 0 fully saturated rings. The standard InChI is InChI=1S/C13H17NO2/c1-7-5-6-11(9(3)8(7)2)12(15)10(4)13(14)16/h5-6,10H,1-4H3,(H2,14,16). The summed E-state index contributed by atoms with van der Waals surface area (Å²) in [6, 6.07) is 3.66. The zero-order chi connectivity index (χ0) is 12.5. The molecule has 0 heterocycles. The molecule has 16 heavy (non-hydrogen) atoms. The number of amides is 1. The summed E-state index contributed by atoms with van der Waals surface area (Å²) in [6.07, 6.45) is 0. The predicted octanol–water partition coefficient (Wildman–Crippen LogP) is 1.92. The Labute approximate surface area is 95.6 Å². The van der Waals surface area contributed by atoms with Crippen LogP contribution in [-0.2, 0) is 4.79 Å². The molecule has 0 aliphatic carbocycles. The maximum atomic E-state index is 12.0. The van der Waals surface area contributed by atoms with E-state index in [1.165, 1.54) is 0 Å². The average molecular weight is 219 g/mol. The Kier molecular flexibility index (Phi) is 3.48. The lowest BCUT2D eigenvalue weighted by Gasteiger charge is -2.12. The van der Waals surface area contributed by atoms with Gasteiger partial charge < -0.3 is 5.73 Å². The molecule has 1 amide bonds. The Morgan fingerprint density at radius 3 is 2.19 bits per heavy atom. The second kappa shape index (κ2) is 4.47. The van der Waals surface area contributed by atoms with Crippen LogP contribution in [0.5, 0.6) is 0 Å². The first kappa shape index (κ1) is 12.4. The van der Waals surface area contributed by atoms with Crippen molar-refractivity contribution in [3.63, 3.8) is 0 Å². The summed E-state index contributed by atoms with van der Waals surface area (Å²) in [5, 5.41) is 0. The van der Waals surface area contributed by atoms with Crippen LogP contribution in [0.15, 0.2) is 12.1 Å². The number of carbonyl (C=O) groups excluding carboxylic acids is 2. The van der Waals surface area contributed by atoms with Crippen molar-refractivity contribution < 1.29 is 9.59 Å². The molecule has 0 bridgehead atoms. The molecule has 86 valence electrons. The van der Waals surface area contributed by atoms with E-state index in [0.29, 0.717) is 5.56 Å². The van der Waals surface area contributed by atoms with E-state index in [-0.39, 0.29) is 5.78 Å². The molecule has 0 aromatic heterocycles. The van der Waals surface area contributed by atoms with Crippen LogP contribution < -0.4 is 5.73 Å². The van der Waals surface area contributed by atoms with Crippen molar-refractivity contribution in [3.05, 3.63) is 34.4 Å². The van der Waals surface area contributed by atoms with Crippen LogP contribution >= 0.6 is 0 Å². The molecule has 2 N–H and O–H groups in total. The van der Waals surface area contributed by atoms with Crippen molar-refractivity contribution in [1.82, 2.24) is 0 Å². The van der Waals surface area contributed by atoms with E-state index < -0.39 is 11.8 Å². The third-order valence-corrected chi connectivity index (χ3v) is 3.14. The minimum atomic E-state index is -0.763. The third kappa shape index (κ3) is 2.13. The zero-order valence-corrected chi connectivity index (χ0v) is 10.1. The summed E-state index contributed by atoms with van der Waals surface area (Å²) >= 11 is 0. The quantitative estimate of drug-likeness (QED) is 0.623. The Morgan fingerprint density at radius 2 is 1.69 bits per heavy atom. The zero-order valence-electron chi connectivity index (χ0n) is 10.1. The monoisotopic (exact) mass is 219 g/mol. The van der Waals surface area contributed by atoms with Gasteiger partial charge in [-0.1, -0.05) is 12.1 Å². The van der Waals surface area contributed by atoms with Gasteiger partial charge in [-0.3, -0.25) is 9.59 Å². The van der Waals surface area contributed by atoms with E-state index >= 15 is 0 Å². The number of primary amides is 1. The minimum Gasteiger partial charge on any atom is -0.369 e. The summed E-state index contributed by atoms with van der Waals surface area (Å²) in [6.45, 7) is 7.40. The van der Waals surface area contributed by atoms with Crippen LogP contribution in [0.25, 0.3) is 0 Å². The van der Waals surface area contributed by atoms with Crippen LogP contribution in [-0.4, -0.2) is 11.7 Å². The molecule has 3 nitrogen and oxygen atoms in total. The second-order valence-electron chi connectivity index (χ2n) is 4.17. The van der Waals surface area contributed by atoms with E-state index in [9.17, 15) is 9.59 Å². The Hall–Kier alpha value is -1.64. The summed E-state index contributed by atoms with van der Waals surface area (Å²) in [7, 11) is 0. The van der Waals surface area contributed by atoms with Crippen LogP contribution in [0.1, 0.15) is 34.0 Å². The topological polar surface area (TPSA) is 60.2 Å². The van der Waals surface area contributed by atoms with Gasteiger partial charge in [0, 0.05) is 5.56 Å². The van der Waals surface area contributed by atoms with Crippen LogP contribution in [0, 0.1) is 26.7 Å². The summed E-state index contributed by atoms with van der Waals surface area (Å²) in [5.74, 6) is -1.54. The van der Waals surface area contributed by atoms with Gasteiger partial charge in [-0.15, -0.1) is 0 Å². The largest absolute Gasteiger partial charge is 0.369 e. The highest BCUT2D eigenvalue weighted by atomic mass is 16.2. The molecular formula is C13H17NO2. The van der Waals surface area contributed by atoms with Crippen LogP contribution in [0.4, 0.5) is 0 Å². The minimum absolute atomic E-state index is 0.201. The molecule has 1 rings (SSSR count). The first-order chi connectivity index (χ1) is 7.36. The lowest BCUT2D eigenvalue weighted by atomic mass is 9.91. The van der Waals surface area contributed by atoms with E-state index in [1.54, 1.807) is 13.0 Å². The van der Waals surface area contributed by atoms with Gasteiger partial charge in [0.2, 0.25) is 5.91 Å². The molecule has 0 saturated heterocycles. The fraction of sp³-hybridized carbons (Fsp3) is 0.385. The highest BCUT2D eigenvalue weighted by Crippen LogP contribution is 2.19. The van der Waals surface area contributed by atoms with Gasteiger partial charge in [0.05, 0.1) is 5.92 Å². The van der Waals surface area contributed by atoms with Gasteiger partial charge in [-0.2, -0.15) is 0 Å². The second-order valence-corrected chi connectivity index (χ2v) is 4.17. The third-order valence-electron chi connectivity index (χ3n) is 3.14. The number of aryl methyl sites for hydroxylation is 1. The van der Waals surface area contributed by atoms with Gasteiger partial charge in [0.1, 0.15) is 0 Å². The van der Waals surface area contributed by atoms with Crippen molar-refractivity contribution in [1.29, 1.82) is 0 Å². The molecule has 0 saturated carbocycles. The maximum absolute atomic E-state index is 12.0. The van der Waals surface area contributed by atoms with Crippen molar-refractivity contribution in [2.75, 3.05) is 0 Å². The molecule has 3 heteroatoms. The highest BCUT2D eigenvalue weighted by molar-refractivity contribution is 6.10. The van der Waals surface area contributed by atoms with E-state index in [2.05, 4.69) is 0 Å². The number of hydrogen-bond acceptors (Lipinski definition) is 2. The van der Waals surface area contributed by atoms with Crippen molar-refractivity contribution in [2.24, 2.45) is 11.7 Å². The van der Waals surface area contributed by atoms with Gasteiger partial charge in [-0.05, 0) is 44.4 Å². The van der Waals surface area contributed by atoms with Crippen molar-refractivity contribution in [3.8, 4) is 0 Å². The number of Topliss-reactive ketones (excluding diaryl/α,β-unsaturated/α-hetero) is 1. The number of carbonyl (C=O) groups is 2. The number of rotatable bonds is 3.